The first kappa shape index (κ1) is 31.4. The second-order valence-corrected chi connectivity index (χ2v) is 9.63. The summed E-state index contributed by atoms with van der Waals surface area (Å²) in [5.41, 5.74) is 1.35. The van der Waals surface area contributed by atoms with Crippen LogP contribution >= 0.6 is 0 Å². The highest BCUT2D eigenvalue weighted by Crippen LogP contribution is 2.33. The quantitative estimate of drug-likeness (QED) is 0.140. The fraction of sp³-hybridized carbons (Fsp3) is 0.406. The van der Waals surface area contributed by atoms with Gasteiger partial charge in [-0.2, -0.15) is 0 Å². The van der Waals surface area contributed by atoms with Crippen molar-refractivity contribution < 1.29 is 43.5 Å². The highest BCUT2D eigenvalue weighted by molar-refractivity contribution is 6.09. The van der Waals surface area contributed by atoms with Gasteiger partial charge in [-0.3, -0.25) is 14.4 Å². The van der Waals surface area contributed by atoms with Gasteiger partial charge in [0.15, 0.2) is 11.6 Å². The van der Waals surface area contributed by atoms with E-state index in [2.05, 4.69) is 0 Å². The molecular formula is C32H38O9. The van der Waals surface area contributed by atoms with Crippen molar-refractivity contribution in [3.8, 4) is 23.0 Å². The Hall–Kier alpha value is -4.11. The highest BCUT2D eigenvalue weighted by Gasteiger charge is 2.16. The minimum absolute atomic E-state index is 0.0303. The summed E-state index contributed by atoms with van der Waals surface area (Å²) >= 11 is 0. The molecule has 3 aromatic rings. The Morgan fingerprint density at radius 1 is 0.780 bits per heavy atom. The molecule has 9 nitrogen and oxygen atoms in total. The summed E-state index contributed by atoms with van der Waals surface area (Å²) in [7, 11) is 0. The van der Waals surface area contributed by atoms with Crippen molar-refractivity contribution in [2.24, 2.45) is 0 Å². The van der Waals surface area contributed by atoms with Crippen LogP contribution in [0.15, 0.2) is 42.5 Å². The van der Waals surface area contributed by atoms with Crippen LogP contribution in [0.4, 0.5) is 0 Å². The molecule has 3 rings (SSSR count). The molecule has 0 aliphatic rings. The summed E-state index contributed by atoms with van der Waals surface area (Å²) in [5, 5.41) is 20.8. The Labute approximate surface area is 240 Å². The number of carbonyl (C=O) groups is 3. The standard InChI is InChI=1S/C32H38O9/c1-4-7-26-28(14-12-25(21(2)33)32(26)37)40-18-16-38-17-19-41-29-13-10-23-9-11-24(20-27(23)31(29)22(3)34)39-15-6-5-8-30(35)36/h9-14,20,37H,4-8,15-19H2,1-3H3,(H,35,36). The maximum absolute atomic E-state index is 12.6. The lowest BCUT2D eigenvalue weighted by molar-refractivity contribution is -0.137. The molecular weight excluding hydrogens is 528 g/mol. The monoisotopic (exact) mass is 566 g/mol. The van der Waals surface area contributed by atoms with Crippen molar-refractivity contribution in [3.63, 3.8) is 0 Å². The number of aromatic hydroxyl groups is 1. The number of rotatable bonds is 18. The molecule has 0 atom stereocenters. The van der Waals surface area contributed by atoms with Gasteiger partial charge < -0.3 is 29.2 Å². The van der Waals surface area contributed by atoms with E-state index in [1.165, 1.54) is 13.8 Å². The van der Waals surface area contributed by atoms with Crippen LogP contribution in [-0.2, 0) is 16.0 Å². The van der Waals surface area contributed by atoms with E-state index in [-0.39, 0.29) is 55.7 Å². The predicted molar refractivity (Wildman–Crippen MR) is 155 cm³/mol. The molecule has 0 aliphatic heterocycles. The summed E-state index contributed by atoms with van der Waals surface area (Å²) < 4.78 is 23.1. The van der Waals surface area contributed by atoms with Crippen molar-refractivity contribution in [1.29, 1.82) is 0 Å². The number of phenols is 1. The molecule has 0 radical (unpaired) electrons. The molecule has 2 N–H and O–H groups in total. The first-order valence-electron chi connectivity index (χ1n) is 13.8. The minimum atomic E-state index is -0.826. The van der Waals surface area contributed by atoms with Crippen LogP contribution in [0.5, 0.6) is 23.0 Å². The van der Waals surface area contributed by atoms with Gasteiger partial charge in [-0.1, -0.05) is 25.5 Å². The number of unbranched alkanes of at least 4 members (excludes halogenated alkanes) is 1. The highest BCUT2D eigenvalue weighted by atomic mass is 16.5. The van der Waals surface area contributed by atoms with E-state index in [0.717, 1.165) is 11.8 Å². The van der Waals surface area contributed by atoms with Gasteiger partial charge in [-0.25, -0.2) is 0 Å². The first-order valence-corrected chi connectivity index (χ1v) is 13.8. The van der Waals surface area contributed by atoms with E-state index in [0.29, 0.717) is 59.6 Å². The number of aliphatic carboxylic acids is 1. The van der Waals surface area contributed by atoms with Crippen molar-refractivity contribution in [2.75, 3.05) is 33.0 Å². The van der Waals surface area contributed by atoms with Crippen LogP contribution < -0.4 is 14.2 Å². The molecule has 0 aromatic heterocycles. The fourth-order valence-corrected chi connectivity index (χ4v) is 4.47. The Balaban J connectivity index is 1.53. The van der Waals surface area contributed by atoms with Gasteiger partial charge in [0.25, 0.3) is 0 Å². The number of phenolic OH excluding ortho intramolecular Hbond substituents is 1. The summed E-state index contributed by atoms with van der Waals surface area (Å²) in [4.78, 5) is 35.0. The van der Waals surface area contributed by atoms with Crippen molar-refractivity contribution in [2.45, 2.75) is 52.9 Å². The Morgan fingerprint density at radius 2 is 1.46 bits per heavy atom. The lowest BCUT2D eigenvalue weighted by Gasteiger charge is -2.15. The van der Waals surface area contributed by atoms with Crippen LogP contribution in [0.25, 0.3) is 10.8 Å². The summed E-state index contributed by atoms with van der Waals surface area (Å²) in [5.74, 6) is 0.383. The molecule has 0 amide bonds. The molecule has 0 unspecified atom stereocenters. The third-order valence-corrected chi connectivity index (χ3v) is 6.45. The third kappa shape index (κ3) is 8.94. The summed E-state index contributed by atoms with van der Waals surface area (Å²) in [6.45, 7) is 6.31. The van der Waals surface area contributed by atoms with Gasteiger partial charge in [-0.15, -0.1) is 0 Å². The molecule has 0 saturated heterocycles. The van der Waals surface area contributed by atoms with E-state index in [4.69, 9.17) is 24.1 Å². The van der Waals surface area contributed by atoms with Gasteiger partial charge in [-0.05, 0) is 74.2 Å². The largest absolute Gasteiger partial charge is 0.507 e. The summed E-state index contributed by atoms with van der Waals surface area (Å²) in [6.07, 6.45) is 2.63. The van der Waals surface area contributed by atoms with E-state index in [1.54, 1.807) is 24.3 Å². The lowest BCUT2D eigenvalue weighted by atomic mass is 10.0. The zero-order valence-corrected chi connectivity index (χ0v) is 23.9. The number of fused-ring (bicyclic) bond motifs is 1. The first-order chi connectivity index (χ1) is 19.7. The summed E-state index contributed by atoms with van der Waals surface area (Å²) in [6, 6.07) is 12.4. The number of carboxylic acids is 1. The minimum Gasteiger partial charge on any atom is -0.507 e. The van der Waals surface area contributed by atoms with Crippen LogP contribution in [0, 0.1) is 0 Å². The average Bonchev–Trinajstić information content (AvgIpc) is 2.93. The van der Waals surface area contributed by atoms with Crippen molar-refractivity contribution in [1.82, 2.24) is 0 Å². The van der Waals surface area contributed by atoms with Crippen LogP contribution in [0.3, 0.4) is 0 Å². The van der Waals surface area contributed by atoms with Gasteiger partial charge in [0.1, 0.15) is 36.2 Å². The zero-order valence-electron chi connectivity index (χ0n) is 23.9. The number of Topliss-reactive ketones (excluding diaryl/α,β-unsaturated/α-hetero) is 2. The van der Waals surface area contributed by atoms with E-state index in [1.807, 2.05) is 25.1 Å². The maximum Gasteiger partial charge on any atom is 0.303 e. The number of ketones is 2. The van der Waals surface area contributed by atoms with Gasteiger partial charge in [0, 0.05) is 12.0 Å². The number of ether oxygens (including phenoxy) is 4. The molecule has 0 aliphatic carbocycles. The Bertz CT molecular complexity index is 1360. The number of hydrogen-bond acceptors (Lipinski definition) is 8. The number of hydrogen-bond donors (Lipinski definition) is 2. The molecule has 220 valence electrons. The Kier molecular flexibility index (Phi) is 12.0. The number of carbonyl (C=O) groups excluding carboxylic acids is 2. The van der Waals surface area contributed by atoms with Gasteiger partial charge in [0.05, 0.1) is 30.9 Å². The molecule has 3 aromatic carbocycles. The second-order valence-electron chi connectivity index (χ2n) is 9.63. The normalized spacial score (nSPS) is 10.9. The van der Waals surface area contributed by atoms with Crippen LogP contribution in [0.2, 0.25) is 0 Å². The average molecular weight is 567 g/mol. The fourth-order valence-electron chi connectivity index (χ4n) is 4.47. The number of benzene rings is 3. The van der Waals surface area contributed by atoms with E-state index in [9.17, 15) is 19.5 Å². The molecule has 0 saturated carbocycles. The molecule has 41 heavy (non-hydrogen) atoms. The van der Waals surface area contributed by atoms with Crippen molar-refractivity contribution in [3.05, 3.63) is 59.2 Å². The maximum atomic E-state index is 12.6. The Morgan fingerprint density at radius 3 is 2.12 bits per heavy atom. The molecule has 9 heteroatoms. The van der Waals surface area contributed by atoms with Crippen LogP contribution in [0.1, 0.15) is 72.7 Å². The van der Waals surface area contributed by atoms with E-state index < -0.39 is 5.97 Å². The number of carboxylic acid groups (broad SMARTS) is 1. The lowest BCUT2D eigenvalue weighted by Crippen LogP contribution is -2.13. The van der Waals surface area contributed by atoms with E-state index >= 15 is 0 Å². The third-order valence-electron chi connectivity index (χ3n) is 6.45. The van der Waals surface area contributed by atoms with Crippen LogP contribution in [-0.4, -0.2) is 60.8 Å². The topological polar surface area (TPSA) is 129 Å². The molecule has 0 fully saturated rings. The molecule has 0 heterocycles. The second kappa shape index (κ2) is 15.6. The van der Waals surface area contributed by atoms with Crippen molar-refractivity contribution >= 4 is 28.3 Å². The molecule has 0 bridgehead atoms. The molecule has 0 spiro atoms. The zero-order chi connectivity index (χ0) is 29.8. The smallest absolute Gasteiger partial charge is 0.303 e. The van der Waals surface area contributed by atoms with Gasteiger partial charge >= 0.3 is 5.97 Å². The SMILES string of the molecule is CCCc1c(OCCOCCOc2ccc3ccc(OCCCCC(=O)O)cc3c2C(C)=O)ccc(C(C)=O)c1O. The van der Waals surface area contributed by atoms with Gasteiger partial charge in [0.2, 0.25) is 0 Å². The predicted octanol–water partition coefficient (Wildman–Crippen LogP) is 6.01.